The van der Waals surface area contributed by atoms with Crippen molar-refractivity contribution in [2.24, 2.45) is 0 Å². The molecule has 2 atom stereocenters. The Morgan fingerprint density at radius 2 is 1.39 bits per heavy atom. The molecule has 3 rings (SSSR count). The van der Waals surface area contributed by atoms with Gasteiger partial charge in [0.25, 0.3) is 0 Å². The van der Waals surface area contributed by atoms with E-state index in [1.54, 1.807) is 18.2 Å². The van der Waals surface area contributed by atoms with E-state index in [1.165, 1.54) is 38.8 Å². The predicted octanol–water partition coefficient (Wildman–Crippen LogP) is 9.65. The minimum Gasteiger partial charge on any atom is -0.300 e. The fraction of sp³-hybridized carbons (Fsp3) is 0.778. The third-order valence-corrected chi connectivity index (χ3v) is 5.13. The standard InChI is InChI=1S/C18H24F3N.4C2H6.CH4/c19-18(20,21)13-14-5-3-6-15(11-14)16-7-4-8-17(12-16)22-9-1-2-10-22;4*1-2;/h3,5-6,11,16-17H,1-2,4,7-10,12-13H2;4*1-2H3;1H4. The molecule has 1 aromatic rings. The van der Waals surface area contributed by atoms with Gasteiger partial charge in [0.2, 0.25) is 0 Å². The van der Waals surface area contributed by atoms with Crippen LogP contribution in [0.5, 0.6) is 0 Å². The molecule has 2 unspecified atom stereocenters. The maximum atomic E-state index is 12.6. The SMILES string of the molecule is C.CC.CC.CC.CC.FC(F)(F)Cc1cccc(C2CCCC(N3CCCC3)C2)c1. The largest absolute Gasteiger partial charge is 0.393 e. The predicted molar refractivity (Wildman–Crippen MR) is 134 cm³/mol. The second kappa shape index (κ2) is 20.8. The van der Waals surface area contributed by atoms with E-state index < -0.39 is 12.6 Å². The monoisotopic (exact) mass is 447 g/mol. The Bertz CT molecular complexity index is 494. The number of benzene rings is 1. The van der Waals surface area contributed by atoms with Crippen molar-refractivity contribution >= 4 is 0 Å². The van der Waals surface area contributed by atoms with Crippen LogP contribution in [0.3, 0.4) is 0 Å². The molecule has 0 N–H and O–H groups in total. The summed E-state index contributed by atoms with van der Waals surface area (Å²) in [5.41, 5.74) is 1.50. The molecule has 1 aliphatic carbocycles. The quantitative estimate of drug-likeness (QED) is 0.446. The van der Waals surface area contributed by atoms with Gasteiger partial charge < -0.3 is 4.90 Å². The van der Waals surface area contributed by atoms with Crippen molar-refractivity contribution in [3.8, 4) is 0 Å². The van der Waals surface area contributed by atoms with Gasteiger partial charge in [-0.05, 0) is 62.2 Å². The molecule has 1 heterocycles. The highest BCUT2D eigenvalue weighted by atomic mass is 19.4. The highest BCUT2D eigenvalue weighted by molar-refractivity contribution is 5.27. The Hall–Kier alpha value is -1.03. The molecular formula is C27H52F3N. The third kappa shape index (κ3) is 13.9. The van der Waals surface area contributed by atoms with Crippen LogP contribution in [0.25, 0.3) is 0 Å². The summed E-state index contributed by atoms with van der Waals surface area (Å²) >= 11 is 0. The summed E-state index contributed by atoms with van der Waals surface area (Å²) in [4.78, 5) is 2.59. The Labute approximate surface area is 192 Å². The molecule has 1 aliphatic heterocycles. The molecule has 0 spiro atoms. The topological polar surface area (TPSA) is 3.24 Å². The number of halogens is 3. The zero-order chi connectivity index (χ0) is 23.6. The average molecular weight is 448 g/mol. The van der Waals surface area contributed by atoms with Gasteiger partial charge in [-0.3, -0.25) is 0 Å². The van der Waals surface area contributed by atoms with E-state index >= 15 is 0 Å². The lowest BCUT2D eigenvalue weighted by Crippen LogP contribution is -2.36. The first-order valence-corrected chi connectivity index (χ1v) is 12.4. The van der Waals surface area contributed by atoms with Crippen LogP contribution in [0.4, 0.5) is 13.2 Å². The average Bonchev–Trinajstić information content (AvgIpc) is 3.34. The van der Waals surface area contributed by atoms with Crippen molar-refractivity contribution in [3.63, 3.8) is 0 Å². The highest BCUT2D eigenvalue weighted by Gasteiger charge is 2.30. The number of likely N-dealkylation sites (tertiary alicyclic amines) is 1. The Morgan fingerprint density at radius 1 is 0.839 bits per heavy atom. The van der Waals surface area contributed by atoms with Gasteiger partial charge in [0.1, 0.15) is 0 Å². The van der Waals surface area contributed by atoms with Gasteiger partial charge in [0, 0.05) is 6.04 Å². The van der Waals surface area contributed by atoms with Gasteiger partial charge in [0.05, 0.1) is 6.42 Å². The first-order chi connectivity index (χ1) is 14.5. The van der Waals surface area contributed by atoms with E-state index in [2.05, 4.69) is 4.90 Å². The minimum absolute atomic E-state index is 0. The molecular weight excluding hydrogens is 395 g/mol. The Balaban J connectivity index is -0.000000785. The summed E-state index contributed by atoms with van der Waals surface area (Å²) in [7, 11) is 0. The summed E-state index contributed by atoms with van der Waals surface area (Å²) in [5, 5.41) is 0. The second-order valence-electron chi connectivity index (χ2n) is 6.80. The third-order valence-electron chi connectivity index (χ3n) is 5.13. The zero-order valence-corrected chi connectivity index (χ0v) is 20.9. The van der Waals surface area contributed by atoms with E-state index in [0.717, 1.165) is 18.4 Å². The fourth-order valence-corrected chi connectivity index (χ4v) is 4.09. The number of rotatable bonds is 3. The van der Waals surface area contributed by atoms with Crippen LogP contribution < -0.4 is 0 Å². The van der Waals surface area contributed by atoms with Crippen molar-refractivity contribution in [2.45, 2.75) is 126 Å². The molecule has 0 bridgehead atoms. The molecule has 1 nitrogen and oxygen atoms in total. The highest BCUT2D eigenvalue weighted by Crippen LogP contribution is 2.36. The van der Waals surface area contributed by atoms with Gasteiger partial charge in [-0.1, -0.05) is 93.5 Å². The molecule has 0 radical (unpaired) electrons. The van der Waals surface area contributed by atoms with E-state index in [-0.39, 0.29) is 7.43 Å². The fourth-order valence-electron chi connectivity index (χ4n) is 4.09. The molecule has 2 fully saturated rings. The summed E-state index contributed by atoms with van der Waals surface area (Å²) in [6.45, 7) is 18.4. The molecule has 31 heavy (non-hydrogen) atoms. The molecule has 0 aromatic heterocycles. The van der Waals surface area contributed by atoms with E-state index in [1.807, 2.05) is 61.5 Å². The Morgan fingerprint density at radius 3 is 1.90 bits per heavy atom. The van der Waals surface area contributed by atoms with Crippen molar-refractivity contribution in [3.05, 3.63) is 35.4 Å². The van der Waals surface area contributed by atoms with Gasteiger partial charge >= 0.3 is 6.18 Å². The van der Waals surface area contributed by atoms with Crippen LogP contribution in [0, 0.1) is 0 Å². The minimum atomic E-state index is -4.12. The summed E-state index contributed by atoms with van der Waals surface area (Å²) in [6, 6.07) is 7.81. The van der Waals surface area contributed by atoms with Crippen molar-refractivity contribution in [1.82, 2.24) is 4.90 Å². The van der Waals surface area contributed by atoms with Gasteiger partial charge in [-0.2, -0.15) is 13.2 Å². The first-order valence-electron chi connectivity index (χ1n) is 12.4. The van der Waals surface area contributed by atoms with Crippen LogP contribution in [0.1, 0.15) is 118 Å². The number of nitrogens with zero attached hydrogens (tertiary/aromatic N) is 1. The van der Waals surface area contributed by atoms with Gasteiger partial charge in [-0.25, -0.2) is 0 Å². The first kappa shape index (κ1) is 34.6. The number of hydrogen-bond acceptors (Lipinski definition) is 1. The number of hydrogen-bond donors (Lipinski definition) is 0. The van der Waals surface area contributed by atoms with E-state index in [0.29, 0.717) is 17.5 Å². The maximum Gasteiger partial charge on any atom is 0.393 e. The molecule has 4 heteroatoms. The van der Waals surface area contributed by atoms with Crippen LogP contribution in [-0.4, -0.2) is 30.2 Å². The lowest BCUT2D eigenvalue weighted by Gasteiger charge is -2.35. The molecule has 2 aliphatic rings. The van der Waals surface area contributed by atoms with Crippen LogP contribution >= 0.6 is 0 Å². The maximum absolute atomic E-state index is 12.6. The summed E-state index contributed by atoms with van der Waals surface area (Å²) in [6.07, 6.45) is 2.31. The second-order valence-corrected chi connectivity index (χ2v) is 6.80. The zero-order valence-electron chi connectivity index (χ0n) is 20.9. The van der Waals surface area contributed by atoms with E-state index in [9.17, 15) is 13.2 Å². The number of alkyl halides is 3. The van der Waals surface area contributed by atoms with E-state index in [4.69, 9.17) is 0 Å². The molecule has 1 aromatic carbocycles. The lowest BCUT2D eigenvalue weighted by atomic mass is 9.80. The molecule has 1 saturated heterocycles. The normalized spacial score (nSPS) is 20.1. The Kier molecular flexibility index (Phi) is 23.3. The van der Waals surface area contributed by atoms with Crippen molar-refractivity contribution in [2.75, 3.05) is 13.1 Å². The van der Waals surface area contributed by atoms with Gasteiger partial charge in [0.15, 0.2) is 0 Å². The van der Waals surface area contributed by atoms with Crippen LogP contribution in [-0.2, 0) is 6.42 Å². The molecule has 186 valence electrons. The summed E-state index contributed by atoms with van der Waals surface area (Å²) in [5.74, 6) is 0.424. The van der Waals surface area contributed by atoms with Crippen molar-refractivity contribution in [1.29, 1.82) is 0 Å². The molecule has 1 saturated carbocycles. The van der Waals surface area contributed by atoms with Gasteiger partial charge in [-0.15, -0.1) is 0 Å². The van der Waals surface area contributed by atoms with Crippen LogP contribution in [0.15, 0.2) is 24.3 Å². The van der Waals surface area contributed by atoms with Crippen molar-refractivity contribution < 1.29 is 13.2 Å². The lowest BCUT2D eigenvalue weighted by molar-refractivity contribution is -0.127. The summed E-state index contributed by atoms with van der Waals surface area (Å²) < 4.78 is 37.7. The smallest absolute Gasteiger partial charge is 0.300 e. The van der Waals surface area contributed by atoms with Crippen LogP contribution in [0.2, 0.25) is 0 Å². The molecule has 0 amide bonds.